The third-order valence-corrected chi connectivity index (χ3v) is 4.71. The molecule has 2 heterocycles. The Labute approximate surface area is 130 Å². The van der Waals surface area contributed by atoms with Crippen molar-refractivity contribution in [3.63, 3.8) is 0 Å². The SMILES string of the molecule is NC(=O)NC(=O)CN1CCN(Cc2ccc(Br)s2)CC1. The summed E-state index contributed by atoms with van der Waals surface area (Å²) in [4.78, 5) is 27.7. The van der Waals surface area contributed by atoms with Gasteiger partial charge in [-0.15, -0.1) is 11.3 Å². The third kappa shape index (κ3) is 4.86. The van der Waals surface area contributed by atoms with Crippen molar-refractivity contribution in [3.8, 4) is 0 Å². The van der Waals surface area contributed by atoms with Gasteiger partial charge in [0.25, 0.3) is 0 Å². The Balaban J connectivity index is 1.72. The molecular formula is C12H17BrN4O2S. The van der Waals surface area contributed by atoms with E-state index in [0.29, 0.717) is 0 Å². The molecule has 3 N–H and O–H groups in total. The molecule has 1 aromatic rings. The van der Waals surface area contributed by atoms with E-state index in [4.69, 9.17) is 5.73 Å². The van der Waals surface area contributed by atoms with Crippen molar-refractivity contribution < 1.29 is 9.59 Å². The van der Waals surface area contributed by atoms with Crippen LogP contribution in [0.3, 0.4) is 0 Å². The zero-order chi connectivity index (χ0) is 14.5. The van der Waals surface area contributed by atoms with E-state index in [-0.39, 0.29) is 12.5 Å². The number of carbonyl (C=O) groups is 2. The molecule has 1 aliphatic heterocycles. The fraction of sp³-hybridized carbons (Fsp3) is 0.500. The summed E-state index contributed by atoms with van der Waals surface area (Å²) in [6.07, 6.45) is 0. The lowest BCUT2D eigenvalue weighted by molar-refractivity contribution is -0.121. The molecule has 2 rings (SSSR count). The molecule has 0 bridgehead atoms. The smallest absolute Gasteiger partial charge is 0.318 e. The van der Waals surface area contributed by atoms with Crippen LogP contribution in [0.1, 0.15) is 4.88 Å². The number of primary amides is 1. The molecule has 0 aliphatic carbocycles. The standard InChI is InChI=1S/C12H17BrN4O2S/c13-10-2-1-9(20-10)7-16-3-5-17(6-4-16)8-11(18)15-12(14)19/h1-2H,3-8H2,(H3,14,15,18,19). The highest BCUT2D eigenvalue weighted by Crippen LogP contribution is 2.23. The Morgan fingerprint density at radius 1 is 1.25 bits per heavy atom. The highest BCUT2D eigenvalue weighted by molar-refractivity contribution is 9.11. The first-order chi connectivity index (χ1) is 9.52. The Hall–Kier alpha value is -0.960. The second kappa shape index (κ2) is 7.16. The van der Waals surface area contributed by atoms with Gasteiger partial charge in [-0.25, -0.2) is 4.79 Å². The van der Waals surface area contributed by atoms with E-state index in [2.05, 4.69) is 38.3 Å². The van der Waals surface area contributed by atoms with Crippen molar-refractivity contribution in [2.75, 3.05) is 32.7 Å². The summed E-state index contributed by atoms with van der Waals surface area (Å²) in [7, 11) is 0. The molecule has 1 saturated heterocycles. The molecule has 1 aromatic heterocycles. The predicted octanol–water partition coefficient (Wildman–Crippen LogP) is 0.823. The lowest BCUT2D eigenvalue weighted by Crippen LogP contribution is -2.50. The number of carbonyl (C=O) groups excluding carboxylic acids is 2. The van der Waals surface area contributed by atoms with Gasteiger partial charge in [0.15, 0.2) is 0 Å². The number of rotatable bonds is 4. The number of urea groups is 1. The van der Waals surface area contributed by atoms with Crippen LogP contribution in [0.4, 0.5) is 4.79 Å². The number of hydrogen-bond acceptors (Lipinski definition) is 5. The molecule has 20 heavy (non-hydrogen) atoms. The lowest BCUT2D eigenvalue weighted by atomic mass is 10.3. The molecule has 3 amide bonds. The molecule has 1 aliphatic rings. The van der Waals surface area contributed by atoms with Crippen LogP contribution >= 0.6 is 27.3 Å². The van der Waals surface area contributed by atoms with Crippen LogP contribution in [0, 0.1) is 0 Å². The van der Waals surface area contributed by atoms with Crippen molar-refractivity contribution >= 4 is 39.2 Å². The first-order valence-electron chi connectivity index (χ1n) is 6.31. The molecule has 0 atom stereocenters. The van der Waals surface area contributed by atoms with E-state index in [9.17, 15) is 9.59 Å². The summed E-state index contributed by atoms with van der Waals surface area (Å²) in [6.45, 7) is 4.63. The van der Waals surface area contributed by atoms with Gasteiger partial charge in [0, 0.05) is 37.6 Å². The number of amides is 3. The van der Waals surface area contributed by atoms with Crippen molar-refractivity contribution in [1.82, 2.24) is 15.1 Å². The van der Waals surface area contributed by atoms with Crippen LogP contribution in [-0.4, -0.2) is 54.5 Å². The molecule has 8 heteroatoms. The van der Waals surface area contributed by atoms with Crippen LogP contribution in [0.15, 0.2) is 15.9 Å². The summed E-state index contributed by atoms with van der Waals surface area (Å²) < 4.78 is 1.15. The average Bonchev–Trinajstić information content (AvgIpc) is 2.76. The Morgan fingerprint density at radius 2 is 1.90 bits per heavy atom. The first kappa shape index (κ1) is 15.4. The fourth-order valence-corrected chi connectivity index (χ4v) is 3.67. The van der Waals surface area contributed by atoms with Gasteiger partial charge in [-0.05, 0) is 28.1 Å². The number of piperazine rings is 1. The van der Waals surface area contributed by atoms with Gasteiger partial charge in [0.2, 0.25) is 5.91 Å². The van der Waals surface area contributed by atoms with Gasteiger partial charge < -0.3 is 5.73 Å². The van der Waals surface area contributed by atoms with E-state index >= 15 is 0 Å². The van der Waals surface area contributed by atoms with Gasteiger partial charge in [-0.1, -0.05) is 0 Å². The molecule has 1 fully saturated rings. The maximum atomic E-state index is 11.4. The van der Waals surface area contributed by atoms with E-state index in [1.165, 1.54) is 4.88 Å². The Morgan fingerprint density at radius 3 is 2.45 bits per heavy atom. The molecule has 0 unspecified atom stereocenters. The fourth-order valence-electron chi connectivity index (χ4n) is 2.14. The monoisotopic (exact) mass is 360 g/mol. The number of nitrogens with zero attached hydrogens (tertiary/aromatic N) is 2. The van der Waals surface area contributed by atoms with Gasteiger partial charge >= 0.3 is 6.03 Å². The average molecular weight is 361 g/mol. The molecule has 0 spiro atoms. The van der Waals surface area contributed by atoms with Crippen LogP contribution in [0.5, 0.6) is 0 Å². The van der Waals surface area contributed by atoms with Gasteiger partial charge in [-0.3, -0.25) is 19.9 Å². The summed E-state index contributed by atoms with van der Waals surface area (Å²) >= 11 is 5.21. The maximum absolute atomic E-state index is 11.4. The number of imide groups is 1. The van der Waals surface area contributed by atoms with E-state index in [1.807, 2.05) is 4.90 Å². The third-order valence-electron chi connectivity index (χ3n) is 3.10. The van der Waals surface area contributed by atoms with Crippen LogP contribution in [0.2, 0.25) is 0 Å². The molecule has 0 radical (unpaired) electrons. The lowest BCUT2D eigenvalue weighted by Gasteiger charge is -2.33. The second-order valence-electron chi connectivity index (χ2n) is 4.67. The van der Waals surface area contributed by atoms with Gasteiger partial charge in [0.1, 0.15) is 0 Å². The predicted molar refractivity (Wildman–Crippen MR) is 81.5 cm³/mol. The molecule has 6 nitrogen and oxygen atoms in total. The van der Waals surface area contributed by atoms with Crippen molar-refractivity contribution in [3.05, 3.63) is 20.8 Å². The van der Waals surface area contributed by atoms with Gasteiger partial charge in [-0.2, -0.15) is 0 Å². The maximum Gasteiger partial charge on any atom is 0.318 e. The molecule has 110 valence electrons. The minimum absolute atomic E-state index is 0.224. The summed E-state index contributed by atoms with van der Waals surface area (Å²) in [5.74, 6) is -0.340. The number of nitrogens with one attached hydrogen (secondary N) is 1. The molecule has 0 saturated carbocycles. The number of nitrogens with two attached hydrogens (primary N) is 1. The van der Waals surface area contributed by atoms with Crippen LogP contribution < -0.4 is 11.1 Å². The quantitative estimate of drug-likeness (QED) is 0.833. The molecule has 0 aromatic carbocycles. The van der Waals surface area contributed by atoms with E-state index in [1.54, 1.807) is 11.3 Å². The minimum Gasteiger partial charge on any atom is -0.351 e. The summed E-state index contributed by atoms with van der Waals surface area (Å²) in [5, 5.41) is 2.08. The Kier molecular flexibility index (Phi) is 5.53. The van der Waals surface area contributed by atoms with E-state index in [0.717, 1.165) is 36.5 Å². The van der Waals surface area contributed by atoms with Crippen molar-refractivity contribution in [1.29, 1.82) is 0 Å². The van der Waals surface area contributed by atoms with Crippen LogP contribution in [0.25, 0.3) is 0 Å². The summed E-state index contributed by atoms with van der Waals surface area (Å²) in [5.41, 5.74) is 4.91. The van der Waals surface area contributed by atoms with Crippen LogP contribution in [-0.2, 0) is 11.3 Å². The Bertz CT molecular complexity index is 486. The van der Waals surface area contributed by atoms with Crippen molar-refractivity contribution in [2.24, 2.45) is 5.73 Å². The topological polar surface area (TPSA) is 78.7 Å². The zero-order valence-corrected chi connectivity index (χ0v) is 13.4. The van der Waals surface area contributed by atoms with E-state index < -0.39 is 6.03 Å². The largest absolute Gasteiger partial charge is 0.351 e. The number of thiophene rings is 1. The minimum atomic E-state index is -0.795. The first-order valence-corrected chi connectivity index (χ1v) is 7.92. The number of halogens is 1. The summed E-state index contributed by atoms with van der Waals surface area (Å²) in [6, 6.07) is 3.39. The van der Waals surface area contributed by atoms with Crippen molar-refractivity contribution in [2.45, 2.75) is 6.54 Å². The zero-order valence-electron chi connectivity index (χ0n) is 11.0. The van der Waals surface area contributed by atoms with Gasteiger partial charge in [0.05, 0.1) is 10.3 Å². The second-order valence-corrected chi connectivity index (χ2v) is 7.22. The number of hydrogen-bond donors (Lipinski definition) is 2. The highest BCUT2D eigenvalue weighted by Gasteiger charge is 2.19. The normalized spacial score (nSPS) is 17.1. The highest BCUT2D eigenvalue weighted by atomic mass is 79.9. The molecular weight excluding hydrogens is 344 g/mol.